The molecule has 2 heterocycles. The van der Waals surface area contributed by atoms with E-state index in [1.54, 1.807) is 0 Å². The summed E-state index contributed by atoms with van der Waals surface area (Å²) < 4.78 is 5.82. The molecule has 4 heteroatoms. The summed E-state index contributed by atoms with van der Waals surface area (Å²) in [4.78, 5) is 17.0. The molecule has 0 radical (unpaired) electrons. The van der Waals surface area contributed by atoms with Crippen molar-refractivity contribution in [1.29, 1.82) is 0 Å². The maximum atomic E-state index is 12.4. The molecule has 22 heavy (non-hydrogen) atoms. The van der Waals surface area contributed by atoms with E-state index < -0.39 is 6.17 Å². The van der Waals surface area contributed by atoms with Gasteiger partial charge in [-0.1, -0.05) is 42.5 Å². The Bertz CT molecular complexity index is 836. The van der Waals surface area contributed by atoms with Crippen LogP contribution in [0.3, 0.4) is 0 Å². The third-order valence-electron chi connectivity index (χ3n) is 3.90. The van der Waals surface area contributed by atoms with Crippen molar-refractivity contribution in [2.45, 2.75) is 13.1 Å². The highest BCUT2D eigenvalue weighted by Gasteiger charge is 2.31. The zero-order valence-corrected chi connectivity index (χ0v) is 12.0. The van der Waals surface area contributed by atoms with Gasteiger partial charge in [-0.3, -0.25) is 4.79 Å². The normalized spacial score (nSPS) is 19.1. The SMILES string of the molecule is Cc1ccccc1[C@@H]1N=C2Oc3ccccc3C=C2C(=O)N1. The second-order valence-electron chi connectivity index (χ2n) is 5.36. The molecule has 4 nitrogen and oxygen atoms in total. The van der Waals surface area contributed by atoms with Crippen LogP contribution in [-0.2, 0) is 4.79 Å². The van der Waals surface area contributed by atoms with Gasteiger partial charge in [0.25, 0.3) is 5.91 Å². The summed E-state index contributed by atoms with van der Waals surface area (Å²) in [5, 5.41) is 2.93. The van der Waals surface area contributed by atoms with E-state index in [1.165, 1.54) is 0 Å². The smallest absolute Gasteiger partial charge is 0.258 e. The fourth-order valence-electron chi connectivity index (χ4n) is 2.72. The second kappa shape index (κ2) is 4.84. The molecule has 4 rings (SSSR count). The predicted molar refractivity (Wildman–Crippen MR) is 84.5 cm³/mol. The summed E-state index contributed by atoms with van der Waals surface area (Å²) in [6.07, 6.45) is 1.41. The number of rotatable bonds is 1. The van der Waals surface area contributed by atoms with Crippen LogP contribution in [0.1, 0.15) is 22.9 Å². The highest BCUT2D eigenvalue weighted by molar-refractivity contribution is 6.24. The Hall–Kier alpha value is -2.88. The van der Waals surface area contributed by atoms with Crippen LogP contribution in [-0.4, -0.2) is 11.8 Å². The number of fused-ring (bicyclic) bond motifs is 2. The number of hydrogen-bond acceptors (Lipinski definition) is 3. The summed E-state index contributed by atoms with van der Waals surface area (Å²) in [5.74, 6) is 0.951. The zero-order valence-electron chi connectivity index (χ0n) is 12.0. The standard InChI is InChI=1S/C18H14N2O2/c1-11-6-2-4-8-13(11)16-19-17(21)14-10-12-7-3-5-9-15(12)22-18(14)20-16/h2-10,16H,1H3,(H,19,21)/t16-/m0/s1. The van der Waals surface area contributed by atoms with E-state index >= 15 is 0 Å². The van der Waals surface area contributed by atoms with Crippen molar-refractivity contribution in [3.8, 4) is 5.75 Å². The van der Waals surface area contributed by atoms with Gasteiger partial charge in [-0.15, -0.1) is 0 Å². The Morgan fingerprint density at radius 3 is 2.73 bits per heavy atom. The Balaban J connectivity index is 1.79. The Labute approximate surface area is 128 Å². The van der Waals surface area contributed by atoms with Gasteiger partial charge in [-0.2, -0.15) is 0 Å². The Morgan fingerprint density at radius 2 is 1.86 bits per heavy atom. The second-order valence-corrected chi connectivity index (χ2v) is 5.36. The molecule has 0 fully saturated rings. The third kappa shape index (κ3) is 2.00. The minimum absolute atomic E-state index is 0.159. The molecular formula is C18H14N2O2. The quantitative estimate of drug-likeness (QED) is 0.877. The lowest BCUT2D eigenvalue weighted by Gasteiger charge is -2.27. The van der Waals surface area contributed by atoms with E-state index in [-0.39, 0.29) is 5.91 Å². The first-order valence-electron chi connectivity index (χ1n) is 7.15. The number of ether oxygens (including phenoxy) is 1. The number of aryl methyl sites for hydroxylation is 1. The van der Waals surface area contributed by atoms with Gasteiger partial charge in [-0.05, 0) is 30.2 Å². The zero-order chi connectivity index (χ0) is 15.1. The van der Waals surface area contributed by atoms with Crippen molar-refractivity contribution in [1.82, 2.24) is 5.32 Å². The summed E-state index contributed by atoms with van der Waals surface area (Å²) >= 11 is 0. The highest BCUT2D eigenvalue weighted by Crippen LogP contribution is 2.31. The predicted octanol–water partition coefficient (Wildman–Crippen LogP) is 3.00. The van der Waals surface area contributed by atoms with E-state index in [1.807, 2.05) is 61.5 Å². The lowest BCUT2D eigenvalue weighted by Crippen LogP contribution is -2.39. The number of carbonyl (C=O) groups excluding carboxylic acids is 1. The fourth-order valence-corrected chi connectivity index (χ4v) is 2.72. The summed E-state index contributed by atoms with van der Waals surface area (Å²) in [5.41, 5.74) is 3.43. The van der Waals surface area contributed by atoms with Crippen molar-refractivity contribution >= 4 is 17.9 Å². The first kappa shape index (κ1) is 12.8. The number of amides is 1. The molecule has 1 atom stereocenters. The van der Waals surface area contributed by atoms with Crippen LogP contribution in [0.15, 0.2) is 59.1 Å². The number of nitrogens with one attached hydrogen (secondary N) is 1. The molecule has 2 aliphatic heterocycles. The third-order valence-corrected chi connectivity index (χ3v) is 3.90. The molecule has 1 N–H and O–H groups in total. The first-order valence-corrected chi connectivity index (χ1v) is 7.15. The number of benzene rings is 2. The van der Waals surface area contributed by atoms with E-state index in [2.05, 4.69) is 10.3 Å². The minimum Gasteiger partial charge on any atom is -0.438 e. The van der Waals surface area contributed by atoms with Crippen LogP contribution in [0, 0.1) is 6.92 Å². The van der Waals surface area contributed by atoms with Crippen LogP contribution in [0.2, 0.25) is 0 Å². The lowest BCUT2D eigenvalue weighted by atomic mass is 10.0. The number of aliphatic imine (C=N–C) groups is 1. The van der Waals surface area contributed by atoms with Crippen molar-refractivity contribution in [2.75, 3.05) is 0 Å². The van der Waals surface area contributed by atoms with Crippen molar-refractivity contribution < 1.29 is 9.53 Å². The van der Waals surface area contributed by atoms with Gasteiger partial charge >= 0.3 is 0 Å². The lowest BCUT2D eigenvalue weighted by molar-refractivity contribution is -0.118. The van der Waals surface area contributed by atoms with Gasteiger partial charge in [0.1, 0.15) is 11.3 Å². The Morgan fingerprint density at radius 1 is 1.09 bits per heavy atom. The topological polar surface area (TPSA) is 50.7 Å². The Kier molecular flexibility index (Phi) is 2.82. The maximum absolute atomic E-state index is 12.4. The average molecular weight is 290 g/mol. The molecule has 108 valence electrons. The molecule has 0 aromatic heterocycles. The molecule has 2 aliphatic rings. The van der Waals surface area contributed by atoms with Gasteiger partial charge < -0.3 is 10.1 Å². The first-order chi connectivity index (χ1) is 10.7. The van der Waals surface area contributed by atoms with Crippen molar-refractivity contribution in [2.24, 2.45) is 4.99 Å². The van der Waals surface area contributed by atoms with Crippen LogP contribution in [0.25, 0.3) is 6.08 Å². The molecule has 2 aromatic carbocycles. The average Bonchev–Trinajstić information content (AvgIpc) is 2.53. The number of hydrogen-bond donors (Lipinski definition) is 1. The maximum Gasteiger partial charge on any atom is 0.258 e. The summed E-state index contributed by atoms with van der Waals surface area (Å²) in [6, 6.07) is 15.5. The van der Waals surface area contributed by atoms with Crippen LogP contribution in [0.5, 0.6) is 5.75 Å². The number of para-hydroxylation sites is 1. The fraction of sp³-hybridized carbons (Fsp3) is 0.111. The van der Waals surface area contributed by atoms with E-state index in [9.17, 15) is 4.79 Å². The molecule has 0 saturated heterocycles. The monoisotopic (exact) mass is 290 g/mol. The van der Waals surface area contributed by atoms with Gasteiger partial charge in [0.2, 0.25) is 5.90 Å². The van der Waals surface area contributed by atoms with Gasteiger partial charge in [0, 0.05) is 5.56 Å². The molecule has 1 amide bonds. The van der Waals surface area contributed by atoms with Crippen LogP contribution >= 0.6 is 0 Å². The van der Waals surface area contributed by atoms with Crippen LogP contribution < -0.4 is 10.1 Å². The van der Waals surface area contributed by atoms with E-state index in [0.29, 0.717) is 11.5 Å². The van der Waals surface area contributed by atoms with Gasteiger partial charge in [-0.25, -0.2) is 4.99 Å². The molecule has 0 spiro atoms. The summed E-state index contributed by atoms with van der Waals surface area (Å²) in [6.45, 7) is 2.00. The molecular weight excluding hydrogens is 276 g/mol. The number of nitrogens with zero attached hydrogens (tertiary/aromatic N) is 1. The van der Waals surface area contributed by atoms with Crippen LogP contribution in [0.4, 0.5) is 0 Å². The van der Waals surface area contributed by atoms with Gasteiger partial charge in [0.15, 0.2) is 6.17 Å². The number of carbonyl (C=O) groups is 1. The van der Waals surface area contributed by atoms with Crippen molar-refractivity contribution in [3.05, 3.63) is 70.8 Å². The largest absolute Gasteiger partial charge is 0.438 e. The van der Waals surface area contributed by atoms with Gasteiger partial charge in [0.05, 0.1) is 0 Å². The highest BCUT2D eigenvalue weighted by atomic mass is 16.5. The molecule has 0 bridgehead atoms. The molecule has 0 aliphatic carbocycles. The summed E-state index contributed by atoms with van der Waals surface area (Å²) in [7, 11) is 0. The van der Waals surface area contributed by atoms with E-state index in [4.69, 9.17) is 4.74 Å². The minimum atomic E-state index is -0.411. The molecule has 0 saturated carbocycles. The van der Waals surface area contributed by atoms with Crippen molar-refractivity contribution in [3.63, 3.8) is 0 Å². The molecule has 0 unspecified atom stereocenters. The van der Waals surface area contributed by atoms with E-state index in [0.717, 1.165) is 22.4 Å². The molecule has 2 aromatic rings.